The van der Waals surface area contributed by atoms with Crippen molar-refractivity contribution >= 4 is 11.8 Å². The fraction of sp³-hybridized carbons (Fsp3) is 0.500. The summed E-state index contributed by atoms with van der Waals surface area (Å²) < 4.78 is 34.8. The Balaban J connectivity index is 1.41. The van der Waals surface area contributed by atoms with Crippen LogP contribution in [0.3, 0.4) is 0 Å². The van der Waals surface area contributed by atoms with E-state index < -0.39 is 29.3 Å². The van der Waals surface area contributed by atoms with E-state index in [-0.39, 0.29) is 5.56 Å². The predicted octanol–water partition coefficient (Wildman–Crippen LogP) is 4.42. The van der Waals surface area contributed by atoms with Gasteiger partial charge in [0.2, 0.25) is 5.91 Å². The summed E-state index contributed by atoms with van der Waals surface area (Å²) in [5.74, 6) is -0.613. The number of nitrogens with zero attached hydrogens (tertiary/aromatic N) is 2. The van der Waals surface area contributed by atoms with Crippen molar-refractivity contribution in [1.29, 1.82) is 0 Å². The van der Waals surface area contributed by atoms with Gasteiger partial charge in [-0.25, -0.2) is 8.78 Å². The van der Waals surface area contributed by atoms with Crippen LogP contribution in [0.5, 0.6) is 5.75 Å². The first-order valence-corrected chi connectivity index (χ1v) is 12.7. The lowest BCUT2D eigenvalue weighted by atomic mass is 9.96. The third-order valence-corrected chi connectivity index (χ3v) is 7.03. The molecule has 2 aliphatic heterocycles. The number of ether oxygens (including phenoxy) is 1. The largest absolute Gasteiger partial charge is 0.493 e. The average molecular weight is 500 g/mol. The minimum atomic E-state index is -1.19. The molecule has 2 heterocycles. The normalized spacial score (nSPS) is 19.4. The van der Waals surface area contributed by atoms with Gasteiger partial charge in [-0.15, -0.1) is 0 Å². The monoisotopic (exact) mass is 499 g/mol. The van der Waals surface area contributed by atoms with E-state index in [0.717, 1.165) is 25.9 Å². The summed E-state index contributed by atoms with van der Waals surface area (Å²) in [6.07, 6.45) is 3.07. The SMILES string of the molecule is CC(C)(F)CN1CCC(COc2ccc(-c3cccc(F)c3C(=O)N3CCC[C@H]3C(N)=O)cc2)CC1. The van der Waals surface area contributed by atoms with Crippen molar-refractivity contribution in [3.63, 3.8) is 0 Å². The highest BCUT2D eigenvalue weighted by atomic mass is 19.1. The maximum atomic E-state index is 14.9. The molecule has 194 valence electrons. The Morgan fingerprint density at radius 2 is 1.75 bits per heavy atom. The van der Waals surface area contributed by atoms with E-state index in [9.17, 15) is 18.4 Å². The van der Waals surface area contributed by atoms with Crippen molar-refractivity contribution in [2.75, 3.05) is 32.8 Å². The first kappa shape index (κ1) is 26.1. The molecule has 0 spiro atoms. The third-order valence-electron chi connectivity index (χ3n) is 7.03. The minimum Gasteiger partial charge on any atom is -0.493 e. The zero-order valence-electron chi connectivity index (χ0n) is 21.0. The number of hydrogen-bond donors (Lipinski definition) is 1. The fourth-order valence-corrected chi connectivity index (χ4v) is 5.22. The van der Waals surface area contributed by atoms with E-state index in [1.165, 1.54) is 11.0 Å². The lowest BCUT2D eigenvalue weighted by molar-refractivity contribution is -0.121. The predicted molar refractivity (Wildman–Crippen MR) is 135 cm³/mol. The summed E-state index contributed by atoms with van der Waals surface area (Å²) >= 11 is 0. The molecule has 0 radical (unpaired) electrons. The van der Waals surface area contributed by atoms with Crippen LogP contribution < -0.4 is 10.5 Å². The topological polar surface area (TPSA) is 75.9 Å². The molecule has 0 unspecified atom stereocenters. The second-order valence-corrected chi connectivity index (χ2v) is 10.5. The van der Waals surface area contributed by atoms with E-state index in [1.807, 2.05) is 24.3 Å². The van der Waals surface area contributed by atoms with Gasteiger partial charge in [-0.3, -0.25) is 9.59 Å². The van der Waals surface area contributed by atoms with Crippen LogP contribution >= 0.6 is 0 Å². The third kappa shape index (κ3) is 6.22. The van der Waals surface area contributed by atoms with Crippen LogP contribution in [0.15, 0.2) is 42.5 Å². The molecule has 2 amide bonds. The quantitative estimate of drug-likeness (QED) is 0.583. The number of hydrogen-bond acceptors (Lipinski definition) is 4. The molecular weight excluding hydrogens is 464 g/mol. The number of alkyl halides is 1. The zero-order chi connectivity index (χ0) is 25.9. The summed E-state index contributed by atoms with van der Waals surface area (Å²) in [5, 5.41) is 0. The summed E-state index contributed by atoms with van der Waals surface area (Å²) in [6, 6.07) is 11.1. The van der Waals surface area contributed by atoms with Gasteiger partial charge in [-0.1, -0.05) is 24.3 Å². The lowest BCUT2D eigenvalue weighted by Crippen LogP contribution is -2.44. The van der Waals surface area contributed by atoms with Gasteiger partial charge in [-0.2, -0.15) is 0 Å². The molecule has 0 aliphatic carbocycles. The van der Waals surface area contributed by atoms with Crippen LogP contribution in [0.1, 0.15) is 49.9 Å². The molecule has 2 aromatic carbocycles. The van der Waals surface area contributed by atoms with Crippen molar-refractivity contribution < 1.29 is 23.1 Å². The standard InChI is InChI=1S/C28H35F2N3O3/c1-28(2,30)18-32-15-12-19(13-16-32)17-36-21-10-8-20(9-11-21)22-5-3-6-23(29)25(22)27(35)33-14-4-7-24(33)26(31)34/h3,5-6,8-11,19,24H,4,7,12-18H2,1-2H3,(H2,31,34)/t24-/m0/s1. The van der Waals surface area contributed by atoms with Gasteiger partial charge in [0.1, 0.15) is 23.3 Å². The average Bonchev–Trinajstić information content (AvgIpc) is 3.33. The summed E-state index contributed by atoms with van der Waals surface area (Å²) in [4.78, 5) is 28.6. The molecule has 2 fully saturated rings. The van der Waals surface area contributed by atoms with Crippen LogP contribution in [0.2, 0.25) is 0 Å². The molecule has 6 nitrogen and oxygen atoms in total. The van der Waals surface area contributed by atoms with Crippen LogP contribution in [0.25, 0.3) is 11.1 Å². The number of piperidine rings is 1. The summed E-state index contributed by atoms with van der Waals surface area (Å²) in [6.45, 7) is 6.36. The van der Waals surface area contributed by atoms with E-state index >= 15 is 0 Å². The van der Waals surface area contributed by atoms with Crippen molar-refractivity contribution in [2.45, 2.75) is 51.2 Å². The van der Waals surface area contributed by atoms with Crippen molar-refractivity contribution in [1.82, 2.24) is 9.80 Å². The highest BCUT2D eigenvalue weighted by Crippen LogP contribution is 2.31. The van der Waals surface area contributed by atoms with Crippen molar-refractivity contribution in [2.24, 2.45) is 11.7 Å². The molecule has 2 N–H and O–H groups in total. The second kappa shape index (κ2) is 10.9. The molecule has 0 aromatic heterocycles. The minimum absolute atomic E-state index is 0.0532. The maximum absolute atomic E-state index is 14.9. The van der Waals surface area contributed by atoms with Crippen LogP contribution in [0.4, 0.5) is 8.78 Å². The molecule has 1 atom stereocenters. The zero-order valence-corrected chi connectivity index (χ0v) is 21.0. The Morgan fingerprint density at radius 1 is 1.06 bits per heavy atom. The molecule has 2 saturated heterocycles. The first-order valence-electron chi connectivity index (χ1n) is 12.7. The summed E-state index contributed by atoms with van der Waals surface area (Å²) in [5.41, 5.74) is 5.37. The molecule has 8 heteroatoms. The summed E-state index contributed by atoms with van der Waals surface area (Å²) in [7, 11) is 0. The Hall–Kier alpha value is -3.00. The number of benzene rings is 2. The molecule has 36 heavy (non-hydrogen) atoms. The highest BCUT2D eigenvalue weighted by molar-refractivity contribution is 6.03. The van der Waals surface area contributed by atoms with E-state index in [4.69, 9.17) is 10.5 Å². The highest BCUT2D eigenvalue weighted by Gasteiger charge is 2.35. The van der Waals surface area contributed by atoms with Crippen molar-refractivity contribution in [3.05, 3.63) is 53.8 Å². The smallest absolute Gasteiger partial charge is 0.258 e. The lowest BCUT2D eigenvalue weighted by Gasteiger charge is -2.34. The molecule has 2 aromatic rings. The van der Waals surface area contributed by atoms with E-state index in [1.54, 1.807) is 26.0 Å². The number of amides is 2. The Kier molecular flexibility index (Phi) is 7.93. The van der Waals surface area contributed by atoms with Gasteiger partial charge in [-0.05, 0) is 87.9 Å². The number of primary amides is 1. The number of nitrogens with two attached hydrogens (primary N) is 1. The first-order chi connectivity index (χ1) is 17.1. The number of likely N-dealkylation sites (tertiary alicyclic amines) is 2. The second-order valence-electron chi connectivity index (χ2n) is 10.5. The van der Waals surface area contributed by atoms with Gasteiger partial charge >= 0.3 is 0 Å². The van der Waals surface area contributed by atoms with Crippen LogP contribution in [-0.4, -0.2) is 66.1 Å². The Labute approximate surface area is 211 Å². The molecule has 4 rings (SSSR count). The van der Waals surface area contributed by atoms with Crippen molar-refractivity contribution in [3.8, 4) is 16.9 Å². The van der Waals surface area contributed by atoms with Gasteiger partial charge in [0.05, 0.1) is 12.2 Å². The number of carbonyl (C=O) groups is 2. The number of carbonyl (C=O) groups excluding carboxylic acids is 2. The maximum Gasteiger partial charge on any atom is 0.258 e. The van der Waals surface area contributed by atoms with Gasteiger partial charge in [0.15, 0.2) is 0 Å². The van der Waals surface area contributed by atoms with E-state index in [0.29, 0.717) is 55.3 Å². The van der Waals surface area contributed by atoms with Crippen LogP contribution in [-0.2, 0) is 4.79 Å². The number of rotatable bonds is 8. The molecule has 0 saturated carbocycles. The number of halogens is 2. The van der Waals surface area contributed by atoms with Gasteiger partial charge in [0.25, 0.3) is 5.91 Å². The Bertz CT molecular complexity index is 1080. The van der Waals surface area contributed by atoms with Crippen LogP contribution in [0, 0.1) is 11.7 Å². The van der Waals surface area contributed by atoms with E-state index in [2.05, 4.69) is 4.90 Å². The fourth-order valence-electron chi connectivity index (χ4n) is 5.22. The molecular formula is C28H35F2N3O3. The molecule has 0 bridgehead atoms. The molecule has 2 aliphatic rings. The Morgan fingerprint density at radius 3 is 2.39 bits per heavy atom. The van der Waals surface area contributed by atoms with Gasteiger partial charge in [0, 0.05) is 13.1 Å². The van der Waals surface area contributed by atoms with Gasteiger partial charge < -0.3 is 20.3 Å².